The summed E-state index contributed by atoms with van der Waals surface area (Å²) in [5, 5.41) is 15.1. The van der Waals surface area contributed by atoms with Crippen molar-refractivity contribution >= 4 is 29.2 Å². The number of imide groups is 1. The van der Waals surface area contributed by atoms with Gasteiger partial charge in [0.05, 0.1) is 10.6 Å². The Morgan fingerprint density at radius 1 is 1.32 bits per heavy atom. The zero-order chi connectivity index (χ0) is 17.2. The van der Waals surface area contributed by atoms with E-state index in [1.54, 1.807) is 11.3 Å². The topological polar surface area (TPSA) is 93.4 Å². The van der Waals surface area contributed by atoms with Crippen molar-refractivity contribution in [1.82, 2.24) is 25.7 Å². The number of aromatic amines is 1. The molecule has 0 unspecified atom stereocenters. The monoisotopic (exact) mass is 360 g/mol. The highest BCUT2D eigenvalue weighted by Crippen LogP contribution is 2.27. The molecule has 0 aliphatic carbocycles. The molecule has 0 aromatic carbocycles. The fraction of sp³-hybridized carbons (Fsp3) is 0.438. The molecule has 8 nitrogen and oxygen atoms in total. The van der Waals surface area contributed by atoms with Crippen LogP contribution in [0.15, 0.2) is 23.6 Å². The summed E-state index contributed by atoms with van der Waals surface area (Å²) in [5.41, 5.74) is 1.03. The number of piperidine rings is 1. The summed E-state index contributed by atoms with van der Waals surface area (Å²) in [4.78, 5) is 28.3. The third-order valence-corrected chi connectivity index (χ3v) is 5.50. The number of hydrogen-bond donors (Lipinski definition) is 3. The quantitative estimate of drug-likeness (QED) is 0.779. The molecule has 0 spiro atoms. The second-order valence-electron chi connectivity index (χ2n) is 6.21. The average Bonchev–Trinajstić information content (AvgIpc) is 3.36. The predicted molar refractivity (Wildman–Crippen MR) is 95.8 cm³/mol. The number of amides is 4. The van der Waals surface area contributed by atoms with E-state index in [-0.39, 0.29) is 18.1 Å². The number of carbonyl (C=O) groups excluding carboxylic acids is 2. The molecule has 2 aliphatic rings. The third-order valence-electron chi connectivity index (χ3n) is 4.60. The van der Waals surface area contributed by atoms with Crippen LogP contribution in [0.3, 0.4) is 0 Å². The molecule has 2 aromatic heterocycles. The number of H-pyrrole nitrogens is 1. The van der Waals surface area contributed by atoms with Crippen LogP contribution < -0.4 is 15.5 Å². The van der Waals surface area contributed by atoms with Crippen molar-refractivity contribution in [3.63, 3.8) is 0 Å². The number of nitrogens with zero attached hydrogens (tertiary/aromatic N) is 3. The van der Waals surface area contributed by atoms with Gasteiger partial charge in [-0.15, -0.1) is 11.3 Å². The number of rotatable bonds is 3. The van der Waals surface area contributed by atoms with Crippen LogP contribution in [0.5, 0.6) is 0 Å². The smallest absolute Gasteiger partial charge is 0.325 e. The van der Waals surface area contributed by atoms with Gasteiger partial charge in [-0.1, -0.05) is 6.07 Å². The first kappa shape index (κ1) is 15.9. The lowest BCUT2D eigenvalue weighted by Gasteiger charge is -2.32. The van der Waals surface area contributed by atoms with Crippen molar-refractivity contribution < 1.29 is 9.59 Å². The lowest BCUT2D eigenvalue weighted by molar-refractivity contribution is 0.194. The summed E-state index contributed by atoms with van der Waals surface area (Å²) in [6.07, 6.45) is 1.67. The normalized spacial score (nSPS) is 18.5. The van der Waals surface area contributed by atoms with Gasteiger partial charge in [0.25, 0.3) is 0 Å². The first-order chi connectivity index (χ1) is 12.2. The van der Waals surface area contributed by atoms with Crippen molar-refractivity contribution in [3.05, 3.63) is 23.6 Å². The van der Waals surface area contributed by atoms with Crippen LogP contribution in [0.4, 0.5) is 15.4 Å². The zero-order valence-corrected chi connectivity index (χ0v) is 14.5. The number of aromatic nitrogens is 2. The van der Waals surface area contributed by atoms with Gasteiger partial charge in [-0.2, -0.15) is 5.10 Å². The van der Waals surface area contributed by atoms with E-state index in [4.69, 9.17) is 0 Å². The summed E-state index contributed by atoms with van der Waals surface area (Å²) in [6, 6.07) is 5.64. The molecule has 4 heterocycles. The fourth-order valence-corrected chi connectivity index (χ4v) is 3.89. The number of carbonyl (C=O) groups is 2. The lowest BCUT2D eigenvalue weighted by Crippen LogP contribution is -2.50. The molecule has 9 heteroatoms. The van der Waals surface area contributed by atoms with Crippen LogP contribution >= 0.6 is 11.3 Å². The molecule has 132 valence electrons. The molecular weight excluding hydrogens is 340 g/mol. The maximum absolute atomic E-state index is 12.1. The van der Waals surface area contributed by atoms with Crippen molar-refractivity contribution in [3.8, 4) is 10.6 Å². The molecule has 2 fully saturated rings. The van der Waals surface area contributed by atoms with E-state index in [1.165, 1.54) is 9.78 Å². The largest absolute Gasteiger partial charge is 0.355 e. The van der Waals surface area contributed by atoms with Crippen molar-refractivity contribution in [2.24, 2.45) is 0 Å². The van der Waals surface area contributed by atoms with Gasteiger partial charge in [0.1, 0.15) is 0 Å². The maximum atomic E-state index is 12.1. The van der Waals surface area contributed by atoms with Crippen LogP contribution in [0.25, 0.3) is 10.6 Å². The van der Waals surface area contributed by atoms with E-state index in [2.05, 4.69) is 37.9 Å². The zero-order valence-electron chi connectivity index (χ0n) is 13.7. The maximum Gasteiger partial charge on any atom is 0.325 e. The second-order valence-corrected chi connectivity index (χ2v) is 7.16. The Morgan fingerprint density at radius 3 is 2.84 bits per heavy atom. The highest BCUT2D eigenvalue weighted by molar-refractivity contribution is 7.13. The van der Waals surface area contributed by atoms with E-state index in [0.717, 1.165) is 37.4 Å². The van der Waals surface area contributed by atoms with Crippen LogP contribution in [0, 0.1) is 0 Å². The number of urea groups is 2. The molecule has 2 aromatic rings. The summed E-state index contributed by atoms with van der Waals surface area (Å²) in [5.74, 6) is 0.937. The van der Waals surface area contributed by atoms with E-state index in [1.807, 2.05) is 11.4 Å². The molecular formula is C16H20N6O2S. The molecule has 25 heavy (non-hydrogen) atoms. The molecule has 0 radical (unpaired) electrons. The Hall–Kier alpha value is -2.55. The highest BCUT2D eigenvalue weighted by Gasteiger charge is 2.29. The average molecular weight is 360 g/mol. The minimum Gasteiger partial charge on any atom is -0.355 e. The van der Waals surface area contributed by atoms with Gasteiger partial charge in [0, 0.05) is 38.3 Å². The van der Waals surface area contributed by atoms with Crippen LogP contribution in [-0.4, -0.2) is 59.4 Å². The first-order valence-corrected chi connectivity index (χ1v) is 9.29. The van der Waals surface area contributed by atoms with Crippen molar-refractivity contribution in [2.75, 3.05) is 31.1 Å². The third kappa shape index (κ3) is 3.32. The molecule has 3 N–H and O–H groups in total. The molecule has 4 amide bonds. The summed E-state index contributed by atoms with van der Waals surface area (Å²) >= 11 is 1.68. The molecule has 4 rings (SSSR count). The SMILES string of the molecule is O=C1NCCN1C(=O)NC1CCN(c2cc(-c3cccs3)[nH]n2)CC1. The molecule has 0 saturated carbocycles. The van der Waals surface area contributed by atoms with Gasteiger partial charge >= 0.3 is 12.1 Å². The van der Waals surface area contributed by atoms with Gasteiger partial charge in [-0.05, 0) is 24.3 Å². The van der Waals surface area contributed by atoms with E-state index in [9.17, 15) is 9.59 Å². The van der Waals surface area contributed by atoms with Crippen LogP contribution in [0.1, 0.15) is 12.8 Å². The molecule has 2 aliphatic heterocycles. The summed E-state index contributed by atoms with van der Waals surface area (Å²) in [6.45, 7) is 2.61. The molecule has 2 saturated heterocycles. The van der Waals surface area contributed by atoms with Crippen molar-refractivity contribution in [1.29, 1.82) is 0 Å². The minimum absolute atomic E-state index is 0.0906. The minimum atomic E-state index is -0.312. The van der Waals surface area contributed by atoms with Crippen molar-refractivity contribution in [2.45, 2.75) is 18.9 Å². The van der Waals surface area contributed by atoms with Gasteiger partial charge in [0.15, 0.2) is 5.82 Å². The van der Waals surface area contributed by atoms with E-state index >= 15 is 0 Å². The Morgan fingerprint density at radius 2 is 2.16 bits per heavy atom. The highest BCUT2D eigenvalue weighted by atomic mass is 32.1. The summed E-state index contributed by atoms with van der Waals surface area (Å²) < 4.78 is 0. The molecule has 0 atom stereocenters. The predicted octanol–water partition coefficient (Wildman–Crippen LogP) is 1.84. The number of hydrogen-bond acceptors (Lipinski definition) is 5. The second kappa shape index (κ2) is 6.75. The van der Waals surface area contributed by atoms with Crippen LogP contribution in [0.2, 0.25) is 0 Å². The number of anilines is 1. The summed E-state index contributed by atoms with van der Waals surface area (Å²) in [7, 11) is 0. The number of nitrogens with one attached hydrogen (secondary N) is 3. The Kier molecular flexibility index (Phi) is 4.31. The Bertz CT molecular complexity index is 751. The molecule has 0 bridgehead atoms. The van der Waals surface area contributed by atoms with Gasteiger partial charge in [0.2, 0.25) is 0 Å². The Balaban J connectivity index is 1.31. The van der Waals surface area contributed by atoms with E-state index in [0.29, 0.717) is 13.1 Å². The lowest BCUT2D eigenvalue weighted by atomic mass is 10.1. The first-order valence-electron chi connectivity index (χ1n) is 8.41. The fourth-order valence-electron chi connectivity index (χ4n) is 3.20. The number of thiophene rings is 1. The Labute approximate surface area is 149 Å². The van der Waals surface area contributed by atoms with Gasteiger partial charge in [-0.25, -0.2) is 14.5 Å². The standard InChI is InChI=1S/C16H20N6O2S/c23-15-17-5-8-22(15)16(24)18-11-3-6-21(7-4-11)14-10-12(19-20-14)13-2-1-9-25-13/h1-2,9-11H,3-8H2,(H,17,23)(H,18,24)(H,19,20). The van der Waals surface area contributed by atoms with Gasteiger partial charge in [-0.3, -0.25) is 5.10 Å². The van der Waals surface area contributed by atoms with E-state index < -0.39 is 0 Å². The van der Waals surface area contributed by atoms with Crippen LogP contribution in [-0.2, 0) is 0 Å². The van der Waals surface area contributed by atoms with Gasteiger partial charge < -0.3 is 15.5 Å².